The number of aromatic nitrogens is 4. The molecule has 1 aromatic carbocycles. The van der Waals surface area contributed by atoms with Gasteiger partial charge < -0.3 is 9.30 Å². The van der Waals surface area contributed by atoms with Crippen LogP contribution >= 0.6 is 0 Å². The van der Waals surface area contributed by atoms with Gasteiger partial charge in [0.1, 0.15) is 17.1 Å². The van der Waals surface area contributed by atoms with E-state index in [0.717, 1.165) is 6.20 Å². The van der Waals surface area contributed by atoms with Crippen molar-refractivity contribution in [3.05, 3.63) is 87.9 Å². The Balaban J connectivity index is 1.24. The van der Waals surface area contributed by atoms with Crippen molar-refractivity contribution in [2.24, 2.45) is 0 Å². The number of fused-ring (bicyclic) bond motifs is 2. The summed E-state index contributed by atoms with van der Waals surface area (Å²) in [5.74, 6) is -1.44. The fraction of sp³-hybridized carbons (Fsp3) is 0.310. The molecule has 0 spiro atoms. The molecule has 0 bridgehead atoms. The van der Waals surface area contributed by atoms with E-state index in [2.05, 4.69) is 10.1 Å². The van der Waals surface area contributed by atoms with Gasteiger partial charge in [0.25, 0.3) is 17.4 Å². The number of benzene rings is 1. The predicted octanol–water partition coefficient (Wildman–Crippen LogP) is 2.91. The molecule has 0 radical (unpaired) electrons. The van der Waals surface area contributed by atoms with E-state index in [-0.39, 0.29) is 42.6 Å². The number of hydrogen-bond donors (Lipinski definition) is 0. The van der Waals surface area contributed by atoms with Crippen molar-refractivity contribution in [1.82, 2.24) is 24.1 Å². The number of hydrogen-bond acceptors (Lipinski definition) is 9. The second kappa shape index (κ2) is 10.7. The number of imide groups is 1. The van der Waals surface area contributed by atoms with Crippen molar-refractivity contribution >= 4 is 34.9 Å². The highest BCUT2D eigenvalue weighted by atomic mass is 19.1. The van der Waals surface area contributed by atoms with Crippen LogP contribution in [0.2, 0.25) is 0 Å². The minimum Gasteiger partial charge on any atom is -0.462 e. The minimum atomic E-state index is -0.603. The fourth-order valence-corrected chi connectivity index (χ4v) is 5.45. The van der Waals surface area contributed by atoms with E-state index in [1.807, 2.05) is 0 Å². The third kappa shape index (κ3) is 4.56. The lowest BCUT2D eigenvalue weighted by Gasteiger charge is -2.30. The first-order valence-corrected chi connectivity index (χ1v) is 13.7. The molecule has 0 N–H and O–H groups in total. The van der Waals surface area contributed by atoms with Gasteiger partial charge in [-0.05, 0) is 38.8 Å². The van der Waals surface area contributed by atoms with Crippen LogP contribution in [-0.2, 0) is 11.3 Å². The molecule has 1 fully saturated rings. The molecular weight excluding hydrogens is 545 g/mol. The van der Waals surface area contributed by atoms with Crippen molar-refractivity contribution in [3.63, 3.8) is 0 Å². The van der Waals surface area contributed by atoms with Gasteiger partial charge in [0.2, 0.25) is 0 Å². The molecule has 3 aromatic heterocycles. The summed E-state index contributed by atoms with van der Waals surface area (Å²) >= 11 is 0. The molecule has 0 aliphatic carbocycles. The van der Waals surface area contributed by atoms with Crippen LogP contribution in [0.4, 0.5) is 15.9 Å². The van der Waals surface area contributed by atoms with Crippen LogP contribution in [0.1, 0.15) is 57.8 Å². The molecule has 0 unspecified atom stereocenters. The van der Waals surface area contributed by atoms with Gasteiger partial charge in [-0.3, -0.25) is 29.3 Å². The zero-order chi connectivity index (χ0) is 29.5. The Hall–Kier alpha value is -5.07. The maximum Gasteiger partial charge on any atom is 0.343 e. The molecule has 4 aromatic rings. The number of esters is 1. The Kier molecular flexibility index (Phi) is 6.93. The first-order valence-electron chi connectivity index (χ1n) is 13.7. The van der Waals surface area contributed by atoms with Gasteiger partial charge in [0.15, 0.2) is 11.5 Å². The summed E-state index contributed by atoms with van der Waals surface area (Å²) in [4.78, 5) is 57.5. The Labute approximate surface area is 239 Å². The average molecular weight is 574 g/mol. The van der Waals surface area contributed by atoms with Crippen molar-refractivity contribution < 1.29 is 23.5 Å². The molecule has 1 saturated heterocycles. The number of hydrazine groups is 1. The van der Waals surface area contributed by atoms with E-state index in [9.17, 15) is 23.6 Å². The Bertz CT molecular complexity index is 1750. The largest absolute Gasteiger partial charge is 0.462 e. The third-order valence-electron chi connectivity index (χ3n) is 7.51. The quantitative estimate of drug-likeness (QED) is 0.231. The number of pyridine rings is 1. The second-order valence-corrected chi connectivity index (χ2v) is 10.1. The summed E-state index contributed by atoms with van der Waals surface area (Å²) in [5.41, 5.74) is 0.926. The summed E-state index contributed by atoms with van der Waals surface area (Å²) in [7, 11) is 0. The van der Waals surface area contributed by atoms with E-state index in [4.69, 9.17) is 4.74 Å². The Morgan fingerprint density at radius 3 is 2.50 bits per heavy atom. The van der Waals surface area contributed by atoms with Gasteiger partial charge in [0, 0.05) is 50.2 Å². The van der Waals surface area contributed by atoms with Gasteiger partial charge in [-0.1, -0.05) is 12.1 Å². The van der Waals surface area contributed by atoms with E-state index in [1.54, 1.807) is 60.4 Å². The monoisotopic (exact) mass is 573 g/mol. The lowest BCUT2D eigenvalue weighted by atomic mass is 10.1. The SMILES string of the molecule is CCOC(=O)c1cnn2ccc(N3CCCN3c3cc(F)cn(CC[C@@H](C)N4C(=O)c5ccccc5C4=O)c3=O)nc12. The normalized spacial score (nSPS) is 15.5. The van der Waals surface area contributed by atoms with E-state index in [1.165, 1.54) is 26.2 Å². The van der Waals surface area contributed by atoms with Gasteiger partial charge in [-0.25, -0.2) is 18.7 Å². The molecule has 2 aliphatic rings. The highest BCUT2D eigenvalue weighted by Crippen LogP contribution is 2.27. The van der Waals surface area contributed by atoms with Crippen LogP contribution < -0.4 is 15.6 Å². The zero-order valence-electron chi connectivity index (χ0n) is 23.1. The van der Waals surface area contributed by atoms with Crippen LogP contribution in [-0.4, -0.2) is 67.6 Å². The molecular formula is C29H28FN7O5. The number of anilines is 2. The van der Waals surface area contributed by atoms with Gasteiger partial charge in [0.05, 0.1) is 23.9 Å². The molecule has 2 amide bonds. The first-order chi connectivity index (χ1) is 20.3. The predicted molar refractivity (Wildman–Crippen MR) is 150 cm³/mol. The number of aryl methyl sites for hydroxylation is 1. The fourth-order valence-electron chi connectivity index (χ4n) is 5.45. The van der Waals surface area contributed by atoms with Gasteiger partial charge in [-0.2, -0.15) is 5.10 Å². The number of amides is 2. The van der Waals surface area contributed by atoms with Crippen LogP contribution in [0.5, 0.6) is 0 Å². The van der Waals surface area contributed by atoms with Crippen LogP contribution in [0.15, 0.2) is 59.8 Å². The lowest BCUT2D eigenvalue weighted by Crippen LogP contribution is -2.42. The number of halogens is 1. The number of nitrogens with zero attached hydrogens (tertiary/aromatic N) is 7. The second-order valence-electron chi connectivity index (χ2n) is 10.1. The summed E-state index contributed by atoms with van der Waals surface area (Å²) in [6, 6.07) is 9.02. The molecule has 1 atom stereocenters. The highest BCUT2D eigenvalue weighted by Gasteiger charge is 2.38. The van der Waals surface area contributed by atoms with Crippen molar-refractivity contribution in [2.45, 2.75) is 39.3 Å². The average Bonchev–Trinajstić information content (AvgIpc) is 3.70. The molecule has 13 heteroatoms. The maximum atomic E-state index is 14.9. The third-order valence-corrected chi connectivity index (χ3v) is 7.51. The number of carbonyl (C=O) groups is 3. The number of carbonyl (C=O) groups excluding carboxylic acids is 3. The summed E-state index contributed by atoms with van der Waals surface area (Å²) in [6.45, 7) is 4.70. The molecule has 42 heavy (non-hydrogen) atoms. The van der Waals surface area contributed by atoms with E-state index in [0.29, 0.717) is 42.1 Å². The molecule has 2 aliphatic heterocycles. The van der Waals surface area contributed by atoms with E-state index >= 15 is 0 Å². The Morgan fingerprint density at radius 1 is 1.07 bits per heavy atom. The van der Waals surface area contributed by atoms with Crippen molar-refractivity contribution in [3.8, 4) is 0 Å². The molecule has 5 heterocycles. The Morgan fingerprint density at radius 2 is 1.79 bits per heavy atom. The summed E-state index contributed by atoms with van der Waals surface area (Å²) in [6.07, 6.45) is 5.11. The van der Waals surface area contributed by atoms with Gasteiger partial charge in [-0.15, -0.1) is 0 Å². The molecule has 0 saturated carbocycles. The first kappa shape index (κ1) is 27.1. The highest BCUT2D eigenvalue weighted by molar-refractivity contribution is 6.21. The van der Waals surface area contributed by atoms with Crippen LogP contribution in [0, 0.1) is 5.82 Å². The minimum absolute atomic E-state index is 0.0922. The zero-order valence-corrected chi connectivity index (χ0v) is 23.1. The van der Waals surface area contributed by atoms with Crippen LogP contribution in [0.25, 0.3) is 5.65 Å². The lowest BCUT2D eigenvalue weighted by molar-refractivity contribution is 0.0526. The standard InChI is InChI=1S/C29H28FN7O5/c1-3-42-29(41)22-16-31-34-14-10-24(32-25(22)34)36-12-6-11-35(36)23-15-19(30)17-33(28(23)40)13-9-18(2)37-26(38)20-7-4-5-8-21(20)27(37)39/h4-5,7-8,10,14-18H,3,6,9,11-13H2,1-2H3/t18-/m1/s1. The topological polar surface area (TPSA) is 122 Å². The van der Waals surface area contributed by atoms with E-state index < -0.39 is 23.4 Å². The summed E-state index contributed by atoms with van der Waals surface area (Å²) < 4.78 is 22.7. The molecule has 12 nitrogen and oxygen atoms in total. The molecule has 6 rings (SSSR count). The van der Waals surface area contributed by atoms with Crippen LogP contribution in [0.3, 0.4) is 0 Å². The smallest absolute Gasteiger partial charge is 0.343 e. The maximum absolute atomic E-state index is 14.9. The number of ether oxygens (including phenoxy) is 1. The van der Waals surface area contributed by atoms with Crippen molar-refractivity contribution in [2.75, 3.05) is 29.7 Å². The number of rotatable bonds is 8. The summed E-state index contributed by atoms with van der Waals surface area (Å²) in [5, 5.41) is 7.60. The van der Waals surface area contributed by atoms with Crippen molar-refractivity contribution in [1.29, 1.82) is 0 Å². The van der Waals surface area contributed by atoms with Gasteiger partial charge >= 0.3 is 5.97 Å². The molecule has 216 valence electrons.